The number of carbonyl (C=O) groups is 1. The Morgan fingerprint density at radius 1 is 1.29 bits per heavy atom. The van der Waals surface area contributed by atoms with E-state index < -0.39 is 29.3 Å². The van der Waals surface area contributed by atoms with Crippen LogP contribution in [-0.4, -0.2) is 24.7 Å². The zero-order valence-electron chi connectivity index (χ0n) is 18.2. The maximum absolute atomic E-state index is 14.2. The van der Waals surface area contributed by atoms with Crippen LogP contribution in [-0.2, 0) is 48.1 Å². The molecule has 1 aliphatic heterocycles. The summed E-state index contributed by atoms with van der Waals surface area (Å²) in [5.41, 5.74) is 0.882. The standard InChI is InChI=1S/C22H19FN4O6S/c1-25-19-17(20(29)26(2)22(25)30)27(11-24-19)7-16(28)31-8-13-5-15(23)6-14-9-32-21(33-18(13)14)12-3-4-34-10-12/h3-6,10-11,21H,7-9H2,1-2H3. The quantitative estimate of drug-likeness (QED) is 0.397. The van der Waals surface area contributed by atoms with Gasteiger partial charge in [-0.3, -0.25) is 18.7 Å². The van der Waals surface area contributed by atoms with Gasteiger partial charge in [0.25, 0.3) is 5.56 Å². The Bertz CT molecular complexity index is 1520. The molecule has 0 N–H and O–H groups in total. The molecule has 1 unspecified atom stereocenters. The fraction of sp³-hybridized carbons (Fsp3) is 0.273. The zero-order valence-corrected chi connectivity index (χ0v) is 19.0. The van der Waals surface area contributed by atoms with E-state index in [1.54, 1.807) is 0 Å². The Labute approximate surface area is 195 Å². The topological polar surface area (TPSA) is 107 Å². The molecule has 4 heterocycles. The Morgan fingerprint density at radius 3 is 2.88 bits per heavy atom. The van der Waals surface area contributed by atoms with E-state index in [1.807, 2.05) is 16.8 Å². The minimum Gasteiger partial charge on any atom is -0.460 e. The SMILES string of the molecule is Cn1c(=O)c2c(ncn2CC(=O)OCc2cc(F)cc3c2OC(c2ccsc2)OC3)n(C)c1=O. The molecular formula is C22H19FN4O6S. The minimum absolute atomic E-state index is 0.101. The predicted octanol–water partition coefficient (Wildman–Crippen LogP) is 1.99. The van der Waals surface area contributed by atoms with E-state index in [-0.39, 0.29) is 30.9 Å². The Balaban J connectivity index is 1.36. The molecule has 0 bridgehead atoms. The first kappa shape index (κ1) is 22.0. The molecule has 0 saturated heterocycles. The first-order valence-electron chi connectivity index (χ1n) is 10.2. The number of nitrogens with zero attached hydrogens (tertiary/aromatic N) is 4. The third-order valence-corrected chi connectivity index (χ3v) is 6.24. The average molecular weight is 486 g/mol. The molecule has 176 valence electrons. The van der Waals surface area contributed by atoms with Gasteiger partial charge in [-0.1, -0.05) is 0 Å². The number of halogens is 1. The molecule has 1 atom stereocenters. The van der Waals surface area contributed by atoms with E-state index in [9.17, 15) is 18.8 Å². The van der Waals surface area contributed by atoms with Crippen molar-refractivity contribution in [1.82, 2.24) is 18.7 Å². The number of rotatable bonds is 5. The number of fused-ring (bicyclic) bond motifs is 2. The van der Waals surface area contributed by atoms with Crippen LogP contribution in [0.25, 0.3) is 11.2 Å². The second-order valence-electron chi connectivity index (χ2n) is 7.78. The monoisotopic (exact) mass is 486 g/mol. The van der Waals surface area contributed by atoms with Gasteiger partial charge in [0.15, 0.2) is 11.2 Å². The molecule has 0 amide bonds. The molecular weight excluding hydrogens is 467 g/mol. The number of imidazole rings is 1. The van der Waals surface area contributed by atoms with Crippen molar-refractivity contribution in [1.29, 1.82) is 0 Å². The number of benzene rings is 1. The highest BCUT2D eigenvalue weighted by Gasteiger charge is 2.26. The molecule has 0 aliphatic carbocycles. The van der Waals surface area contributed by atoms with Gasteiger partial charge >= 0.3 is 11.7 Å². The molecule has 0 spiro atoms. The van der Waals surface area contributed by atoms with E-state index in [0.29, 0.717) is 16.9 Å². The van der Waals surface area contributed by atoms with E-state index in [2.05, 4.69) is 4.98 Å². The number of aryl methyl sites for hydroxylation is 1. The summed E-state index contributed by atoms with van der Waals surface area (Å²) in [7, 11) is 2.83. The second kappa shape index (κ2) is 8.54. The molecule has 12 heteroatoms. The highest BCUT2D eigenvalue weighted by atomic mass is 32.1. The molecule has 4 aromatic rings. The van der Waals surface area contributed by atoms with Crippen LogP contribution in [0.1, 0.15) is 23.0 Å². The molecule has 5 rings (SSSR count). The van der Waals surface area contributed by atoms with E-state index in [4.69, 9.17) is 14.2 Å². The van der Waals surface area contributed by atoms with Crippen molar-refractivity contribution in [3.63, 3.8) is 0 Å². The summed E-state index contributed by atoms with van der Waals surface area (Å²) in [6.07, 6.45) is 0.654. The van der Waals surface area contributed by atoms with Crippen molar-refractivity contribution in [2.75, 3.05) is 0 Å². The lowest BCUT2D eigenvalue weighted by molar-refractivity contribution is -0.145. The number of hydrogen-bond donors (Lipinski definition) is 0. The van der Waals surface area contributed by atoms with E-state index in [1.165, 1.54) is 53.0 Å². The summed E-state index contributed by atoms with van der Waals surface area (Å²) in [6.45, 7) is -0.404. The summed E-state index contributed by atoms with van der Waals surface area (Å²) >= 11 is 1.50. The largest absolute Gasteiger partial charge is 0.460 e. The van der Waals surface area contributed by atoms with Gasteiger partial charge in [0, 0.05) is 36.2 Å². The maximum Gasteiger partial charge on any atom is 0.332 e. The van der Waals surface area contributed by atoms with Gasteiger partial charge in [0.05, 0.1) is 12.9 Å². The van der Waals surface area contributed by atoms with E-state index in [0.717, 1.165) is 10.1 Å². The number of thiophene rings is 1. The fourth-order valence-electron chi connectivity index (χ4n) is 3.82. The Hall–Kier alpha value is -3.77. The lowest BCUT2D eigenvalue weighted by Gasteiger charge is -2.27. The Kier molecular flexibility index (Phi) is 5.54. The van der Waals surface area contributed by atoms with Crippen molar-refractivity contribution >= 4 is 28.5 Å². The number of aromatic nitrogens is 4. The number of hydrogen-bond acceptors (Lipinski definition) is 8. The Morgan fingerprint density at radius 2 is 2.12 bits per heavy atom. The van der Waals surface area contributed by atoms with Crippen molar-refractivity contribution < 1.29 is 23.4 Å². The molecule has 0 fully saturated rings. The maximum atomic E-state index is 14.2. The summed E-state index contributed by atoms with van der Waals surface area (Å²) in [5.74, 6) is -0.765. The number of ether oxygens (including phenoxy) is 3. The molecule has 1 aromatic carbocycles. The molecule has 1 aliphatic rings. The molecule has 0 radical (unpaired) electrons. The van der Waals surface area contributed by atoms with Gasteiger partial charge in [-0.15, -0.1) is 0 Å². The third kappa shape index (κ3) is 3.80. The van der Waals surface area contributed by atoms with Gasteiger partial charge in [-0.2, -0.15) is 11.3 Å². The van der Waals surface area contributed by atoms with Crippen LogP contribution in [0.3, 0.4) is 0 Å². The van der Waals surface area contributed by atoms with Crippen LogP contribution in [0.15, 0.2) is 44.9 Å². The van der Waals surface area contributed by atoms with Gasteiger partial charge < -0.3 is 18.8 Å². The molecule has 34 heavy (non-hydrogen) atoms. The first-order chi connectivity index (χ1) is 16.3. The van der Waals surface area contributed by atoms with Gasteiger partial charge in [-0.25, -0.2) is 14.2 Å². The molecule has 0 saturated carbocycles. The lowest BCUT2D eigenvalue weighted by atomic mass is 10.1. The van der Waals surface area contributed by atoms with E-state index >= 15 is 0 Å². The second-order valence-corrected chi connectivity index (χ2v) is 8.56. The van der Waals surface area contributed by atoms with Crippen molar-refractivity contribution in [2.24, 2.45) is 14.1 Å². The van der Waals surface area contributed by atoms with Crippen molar-refractivity contribution in [3.8, 4) is 5.75 Å². The van der Waals surface area contributed by atoms with Gasteiger partial charge in [0.1, 0.15) is 24.7 Å². The first-order valence-corrected chi connectivity index (χ1v) is 11.2. The highest BCUT2D eigenvalue weighted by Crippen LogP contribution is 2.37. The molecule has 10 nitrogen and oxygen atoms in total. The minimum atomic E-state index is -0.672. The third-order valence-electron chi connectivity index (χ3n) is 5.54. The van der Waals surface area contributed by atoms with Crippen LogP contribution in [0.5, 0.6) is 5.75 Å². The normalized spacial score (nSPS) is 15.2. The van der Waals surface area contributed by atoms with Gasteiger partial charge in [-0.05, 0) is 23.6 Å². The smallest absolute Gasteiger partial charge is 0.332 e. The van der Waals surface area contributed by atoms with Crippen molar-refractivity contribution in [3.05, 3.63) is 78.6 Å². The highest BCUT2D eigenvalue weighted by molar-refractivity contribution is 7.07. The summed E-state index contributed by atoms with van der Waals surface area (Å²) in [6, 6.07) is 4.45. The predicted molar refractivity (Wildman–Crippen MR) is 119 cm³/mol. The van der Waals surface area contributed by atoms with Crippen LogP contribution in [0.4, 0.5) is 4.39 Å². The average Bonchev–Trinajstić information content (AvgIpc) is 3.50. The number of esters is 1. The van der Waals surface area contributed by atoms with Crippen LogP contribution < -0.4 is 16.0 Å². The summed E-state index contributed by atoms with van der Waals surface area (Å²) in [4.78, 5) is 41.3. The lowest BCUT2D eigenvalue weighted by Crippen LogP contribution is -2.37. The van der Waals surface area contributed by atoms with Crippen LogP contribution in [0, 0.1) is 5.82 Å². The van der Waals surface area contributed by atoms with Gasteiger partial charge in [0.2, 0.25) is 6.29 Å². The number of carbonyl (C=O) groups excluding carboxylic acids is 1. The van der Waals surface area contributed by atoms with Crippen LogP contribution in [0.2, 0.25) is 0 Å². The van der Waals surface area contributed by atoms with Crippen LogP contribution >= 0.6 is 11.3 Å². The van der Waals surface area contributed by atoms with Crippen molar-refractivity contribution in [2.45, 2.75) is 26.0 Å². The molecule has 3 aromatic heterocycles. The zero-order chi connectivity index (χ0) is 24.0. The fourth-order valence-corrected chi connectivity index (χ4v) is 4.48. The summed E-state index contributed by atoms with van der Waals surface area (Å²) in [5, 5.41) is 3.80. The summed E-state index contributed by atoms with van der Waals surface area (Å²) < 4.78 is 34.6.